The highest BCUT2D eigenvalue weighted by Crippen LogP contribution is 2.14. The van der Waals surface area contributed by atoms with Gasteiger partial charge in [0, 0.05) is 0 Å². The van der Waals surface area contributed by atoms with Gasteiger partial charge in [0.1, 0.15) is 5.75 Å². The molecule has 0 bridgehead atoms. The maximum atomic E-state index is 5.11. The number of hydrogen-bond acceptors (Lipinski definition) is 2. The molecule has 0 aliphatic rings. The highest BCUT2D eigenvalue weighted by Gasteiger charge is 1.97. The van der Waals surface area contributed by atoms with E-state index in [2.05, 4.69) is 24.0 Å². The van der Waals surface area contributed by atoms with Gasteiger partial charge in [-0.25, -0.2) is 0 Å². The molecule has 82 valence electrons. The van der Waals surface area contributed by atoms with Crippen molar-refractivity contribution in [2.24, 2.45) is 0 Å². The van der Waals surface area contributed by atoms with Crippen LogP contribution < -0.4 is 10.1 Å². The van der Waals surface area contributed by atoms with Crippen LogP contribution in [0.2, 0.25) is 0 Å². The van der Waals surface area contributed by atoms with Gasteiger partial charge in [0.25, 0.3) is 0 Å². The first-order chi connectivity index (χ1) is 7.26. The van der Waals surface area contributed by atoms with E-state index >= 15 is 0 Å². The first kappa shape index (κ1) is 11.8. The molecule has 2 heteroatoms. The summed E-state index contributed by atoms with van der Waals surface area (Å²) in [5, 5.41) is 3.12. The molecular formula is C13H19NO. The predicted molar refractivity (Wildman–Crippen MR) is 64.4 cm³/mol. The van der Waals surface area contributed by atoms with Crippen LogP contribution >= 0.6 is 0 Å². The van der Waals surface area contributed by atoms with Crippen LogP contribution in [-0.4, -0.2) is 20.7 Å². The van der Waals surface area contributed by atoms with Gasteiger partial charge in [-0.3, -0.25) is 0 Å². The standard InChI is InChI=1S/C13H19NO/c1-11(8-9-14-2)10-12-4-6-13(15-3)7-5-12/h4-7,14H,1,8-10H2,2-3H3. The van der Waals surface area contributed by atoms with Crippen LogP contribution in [0.25, 0.3) is 0 Å². The van der Waals surface area contributed by atoms with Crippen LogP contribution in [0.1, 0.15) is 12.0 Å². The highest BCUT2D eigenvalue weighted by atomic mass is 16.5. The second kappa shape index (κ2) is 6.25. The third-order valence-electron chi connectivity index (χ3n) is 2.34. The molecule has 0 fully saturated rings. The Hall–Kier alpha value is -1.28. The number of hydrogen-bond donors (Lipinski definition) is 1. The van der Waals surface area contributed by atoms with E-state index in [4.69, 9.17) is 4.74 Å². The van der Waals surface area contributed by atoms with Crippen LogP contribution in [0.4, 0.5) is 0 Å². The van der Waals surface area contributed by atoms with Crippen molar-refractivity contribution in [3.63, 3.8) is 0 Å². The summed E-state index contributed by atoms with van der Waals surface area (Å²) in [5.74, 6) is 0.902. The molecular weight excluding hydrogens is 186 g/mol. The summed E-state index contributed by atoms with van der Waals surface area (Å²) < 4.78 is 5.11. The van der Waals surface area contributed by atoms with E-state index in [9.17, 15) is 0 Å². The number of methoxy groups -OCH3 is 1. The summed E-state index contributed by atoms with van der Waals surface area (Å²) in [6.07, 6.45) is 1.98. The van der Waals surface area contributed by atoms with Crippen molar-refractivity contribution in [1.29, 1.82) is 0 Å². The van der Waals surface area contributed by atoms with E-state index in [1.54, 1.807) is 7.11 Å². The Bertz CT molecular complexity index is 303. The minimum atomic E-state index is 0.902. The normalized spacial score (nSPS) is 10.0. The third kappa shape index (κ3) is 4.17. The van der Waals surface area contributed by atoms with Gasteiger partial charge in [-0.1, -0.05) is 24.3 Å². The van der Waals surface area contributed by atoms with Crippen molar-refractivity contribution >= 4 is 0 Å². The lowest BCUT2D eigenvalue weighted by atomic mass is 10.0. The Kier molecular flexibility index (Phi) is 4.91. The van der Waals surface area contributed by atoms with Crippen molar-refractivity contribution < 1.29 is 4.74 Å². The molecule has 0 saturated heterocycles. The van der Waals surface area contributed by atoms with Crippen LogP contribution in [0, 0.1) is 0 Å². The molecule has 1 N–H and O–H groups in total. The van der Waals surface area contributed by atoms with Gasteiger partial charge in [0.05, 0.1) is 7.11 Å². The molecule has 0 amide bonds. The van der Waals surface area contributed by atoms with E-state index in [0.29, 0.717) is 0 Å². The van der Waals surface area contributed by atoms with Gasteiger partial charge in [0.15, 0.2) is 0 Å². The Morgan fingerprint density at radius 1 is 1.33 bits per heavy atom. The lowest BCUT2D eigenvalue weighted by molar-refractivity contribution is 0.414. The Balaban J connectivity index is 2.46. The fourth-order valence-electron chi connectivity index (χ4n) is 1.42. The van der Waals surface area contributed by atoms with Crippen molar-refractivity contribution in [1.82, 2.24) is 5.32 Å². The molecule has 1 aromatic carbocycles. The molecule has 0 unspecified atom stereocenters. The molecule has 2 nitrogen and oxygen atoms in total. The van der Waals surface area contributed by atoms with Crippen molar-refractivity contribution in [2.75, 3.05) is 20.7 Å². The van der Waals surface area contributed by atoms with Crippen LogP contribution in [0.3, 0.4) is 0 Å². The highest BCUT2D eigenvalue weighted by molar-refractivity contribution is 5.29. The van der Waals surface area contributed by atoms with E-state index in [1.807, 2.05) is 19.2 Å². The first-order valence-corrected chi connectivity index (χ1v) is 5.20. The molecule has 0 radical (unpaired) electrons. The summed E-state index contributed by atoms with van der Waals surface area (Å²) in [6, 6.07) is 8.15. The Labute approximate surface area is 92.0 Å². The number of rotatable bonds is 6. The number of benzene rings is 1. The Morgan fingerprint density at radius 3 is 2.53 bits per heavy atom. The first-order valence-electron chi connectivity index (χ1n) is 5.20. The van der Waals surface area contributed by atoms with Gasteiger partial charge >= 0.3 is 0 Å². The largest absolute Gasteiger partial charge is 0.497 e. The van der Waals surface area contributed by atoms with Crippen molar-refractivity contribution in [3.05, 3.63) is 42.0 Å². The average Bonchev–Trinajstić information content (AvgIpc) is 2.27. The van der Waals surface area contributed by atoms with E-state index in [0.717, 1.165) is 25.1 Å². The predicted octanol–water partition coefficient (Wildman–Crippen LogP) is 2.40. The van der Waals surface area contributed by atoms with Gasteiger partial charge in [-0.2, -0.15) is 0 Å². The zero-order chi connectivity index (χ0) is 11.1. The number of ether oxygens (including phenoxy) is 1. The molecule has 15 heavy (non-hydrogen) atoms. The van der Waals surface area contributed by atoms with Gasteiger partial charge < -0.3 is 10.1 Å². The fourth-order valence-corrected chi connectivity index (χ4v) is 1.42. The molecule has 0 aliphatic carbocycles. The van der Waals surface area contributed by atoms with E-state index in [1.165, 1.54) is 11.1 Å². The monoisotopic (exact) mass is 205 g/mol. The SMILES string of the molecule is C=C(CCNC)Cc1ccc(OC)cc1. The Morgan fingerprint density at radius 2 is 2.00 bits per heavy atom. The molecule has 1 aromatic rings. The molecule has 0 spiro atoms. The lowest BCUT2D eigenvalue weighted by Gasteiger charge is -2.06. The second-order valence-electron chi connectivity index (χ2n) is 3.63. The third-order valence-corrected chi connectivity index (χ3v) is 2.34. The van der Waals surface area contributed by atoms with Crippen LogP contribution in [0.5, 0.6) is 5.75 Å². The topological polar surface area (TPSA) is 21.3 Å². The van der Waals surface area contributed by atoms with E-state index in [-0.39, 0.29) is 0 Å². The van der Waals surface area contributed by atoms with Gasteiger partial charge in [-0.05, 0) is 44.1 Å². The molecule has 0 aliphatic heterocycles. The summed E-state index contributed by atoms with van der Waals surface area (Å²) >= 11 is 0. The zero-order valence-corrected chi connectivity index (χ0v) is 9.55. The molecule has 0 aromatic heterocycles. The summed E-state index contributed by atoms with van der Waals surface area (Å²) in [4.78, 5) is 0. The smallest absolute Gasteiger partial charge is 0.118 e. The van der Waals surface area contributed by atoms with Crippen LogP contribution in [-0.2, 0) is 6.42 Å². The zero-order valence-electron chi connectivity index (χ0n) is 9.55. The van der Waals surface area contributed by atoms with E-state index < -0.39 is 0 Å². The minimum Gasteiger partial charge on any atom is -0.497 e. The second-order valence-corrected chi connectivity index (χ2v) is 3.63. The van der Waals surface area contributed by atoms with Crippen molar-refractivity contribution in [2.45, 2.75) is 12.8 Å². The minimum absolute atomic E-state index is 0.902. The summed E-state index contributed by atoms with van der Waals surface area (Å²) in [7, 11) is 3.64. The lowest BCUT2D eigenvalue weighted by Crippen LogP contribution is -2.08. The summed E-state index contributed by atoms with van der Waals surface area (Å²) in [5.41, 5.74) is 2.55. The van der Waals surface area contributed by atoms with Gasteiger partial charge in [-0.15, -0.1) is 0 Å². The quantitative estimate of drug-likeness (QED) is 0.720. The fraction of sp³-hybridized carbons (Fsp3) is 0.385. The molecule has 0 saturated carbocycles. The maximum Gasteiger partial charge on any atom is 0.118 e. The van der Waals surface area contributed by atoms with Crippen molar-refractivity contribution in [3.8, 4) is 5.75 Å². The molecule has 1 rings (SSSR count). The maximum absolute atomic E-state index is 5.11. The average molecular weight is 205 g/mol. The van der Waals surface area contributed by atoms with Gasteiger partial charge in [0.2, 0.25) is 0 Å². The van der Waals surface area contributed by atoms with Crippen LogP contribution in [0.15, 0.2) is 36.4 Å². The molecule has 0 atom stereocenters. The number of nitrogens with one attached hydrogen (secondary N) is 1. The summed E-state index contributed by atoms with van der Waals surface area (Å²) in [6.45, 7) is 5.05. The molecule has 0 heterocycles.